The van der Waals surface area contributed by atoms with E-state index in [0.29, 0.717) is 4.99 Å². The molecule has 0 amide bonds. The minimum absolute atomic E-state index is 0.465. The van der Waals surface area contributed by atoms with Gasteiger partial charge in [-0.1, -0.05) is 64.1 Å². The van der Waals surface area contributed by atoms with E-state index < -0.39 is 0 Å². The minimum Gasteiger partial charge on any atom is -0.389 e. The van der Waals surface area contributed by atoms with E-state index in [-0.39, 0.29) is 0 Å². The standard InChI is InChI=1S/C18H30N2S/c1-3-4-5-6-7-8-9-10-15-20(2)17-13-11-16(12-14-17)18(19)21/h11-14H,3-10,15H2,1-2H3,(H2,19,21). The van der Waals surface area contributed by atoms with Crippen LogP contribution in [0.15, 0.2) is 24.3 Å². The molecular weight excluding hydrogens is 276 g/mol. The second-order valence-corrected chi connectivity index (χ2v) is 6.25. The molecule has 0 aliphatic carbocycles. The summed E-state index contributed by atoms with van der Waals surface area (Å²) < 4.78 is 0. The van der Waals surface area contributed by atoms with Crippen LogP contribution in [0.3, 0.4) is 0 Å². The predicted molar refractivity (Wildman–Crippen MR) is 98.2 cm³/mol. The summed E-state index contributed by atoms with van der Waals surface area (Å²) in [6, 6.07) is 8.20. The van der Waals surface area contributed by atoms with Gasteiger partial charge >= 0.3 is 0 Å². The van der Waals surface area contributed by atoms with Crippen LogP contribution >= 0.6 is 12.2 Å². The largest absolute Gasteiger partial charge is 0.389 e. The molecule has 1 aromatic carbocycles. The Morgan fingerprint density at radius 2 is 1.48 bits per heavy atom. The third-order valence-electron chi connectivity index (χ3n) is 3.94. The van der Waals surface area contributed by atoms with Crippen molar-refractivity contribution in [3.8, 4) is 0 Å². The number of nitrogens with zero attached hydrogens (tertiary/aromatic N) is 1. The van der Waals surface area contributed by atoms with Gasteiger partial charge in [0.2, 0.25) is 0 Å². The highest BCUT2D eigenvalue weighted by molar-refractivity contribution is 7.80. The van der Waals surface area contributed by atoms with Gasteiger partial charge in [0.05, 0.1) is 0 Å². The molecule has 0 fully saturated rings. The molecule has 0 aliphatic heterocycles. The maximum absolute atomic E-state index is 5.61. The van der Waals surface area contributed by atoms with Crippen LogP contribution in [0, 0.1) is 0 Å². The first-order valence-corrected chi connectivity index (χ1v) is 8.67. The summed E-state index contributed by atoms with van der Waals surface area (Å²) in [5, 5.41) is 0. The monoisotopic (exact) mass is 306 g/mol. The van der Waals surface area contributed by atoms with Crippen molar-refractivity contribution in [1.29, 1.82) is 0 Å². The molecule has 0 spiro atoms. The predicted octanol–water partition coefficient (Wildman–Crippen LogP) is 4.90. The number of thiocarbonyl (C=S) groups is 1. The van der Waals surface area contributed by atoms with E-state index in [1.165, 1.54) is 57.1 Å². The highest BCUT2D eigenvalue weighted by Crippen LogP contribution is 2.15. The molecule has 21 heavy (non-hydrogen) atoms. The molecule has 0 aromatic heterocycles. The van der Waals surface area contributed by atoms with Crippen LogP contribution in [0.4, 0.5) is 5.69 Å². The van der Waals surface area contributed by atoms with Gasteiger partial charge in [-0.25, -0.2) is 0 Å². The van der Waals surface area contributed by atoms with Crippen molar-refractivity contribution < 1.29 is 0 Å². The van der Waals surface area contributed by atoms with Gasteiger partial charge < -0.3 is 10.6 Å². The van der Waals surface area contributed by atoms with Crippen LogP contribution in [0.2, 0.25) is 0 Å². The molecule has 0 radical (unpaired) electrons. The smallest absolute Gasteiger partial charge is 0.103 e. The quantitative estimate of drug-likeness (QED) is 0.466. The summed E-state index contributed by atoms with van der Waals surface area (Å²) in [7, 11) is 2.15. The van der Waals surface area contributed by atoms with Crippen molar-refractivity contribution in [2.24, 2.45) is 5.73 Å². The third kappa shape index (κ3) is 7.47. The number of benzene rings is 1. The van der Waals surface area contributed by atoms with Gasteiger partial charge in [-0.05, 0) is 30.7 Å². The molecule has 0 bridgehead atoms. The molecule has 0 aliphatic rings. The summed E-state index contributed by atoms with van der Waals surface area (Å²) in [5.41, 5.74) is 7.79. The summed E-state index contributed by atoms with van der Waals surface area (Å²) in [6.45, 7) is 3.38. The van der Waals surface area contributed by atoms with Gasteiger partial charge in [0.15, 0.2) is 0 Å². The Bertz CT molecular complexity index is 400. The zero-order chi connectivity index (χ0) is 15.5. The number of unbranched alkanes of at least 4 members (excludes halogenated alkanes) is 7. The molecule has 0 unspecified atom stereocenters. The molecule has 0 heterocycles. The highest BCUT2D eigenvalue weighted by Gasteiger charge is 2.02. The average molecular weight is 307 g/mol. The Morgan fingerprint density at radius 3 is 2.00 bits per heavy atom. The number of hydrogen-bond donors (Lipinski definition) is 1. The van der Waals surface area contributed by atoms with Crippen molar-refractivity contribution in [3.05, 3.63) is 29.8 Å². The van der Waals surface area contributed by atoms with Crippen molar-refractivity contribution in [2.45, 2.75) is 58.3 Å². The second kappa shape index (κ2) is 10.6. The maximum Gasteiger partial charge on any atom is 0.103 e. The van der Waals surface area contributed by atoms with Crippen LogP contribution in [0.5, 0.6) is 0 Å². The molecule has 118 valence electrons. The Labute approximate surface area is 135 Å². The first kappa shape index (κ1) is 18.0. The van der Waals surface area contributed by atoms with Gasteiger partial charge in [-0.2, -0.15) is 0 Å². The topological polar surface area (TPSA) is 29.3 Å². The lowest BCUT2D eigenvalue weighted by Crippen LogP contribution is -2.18. The van der Waals surface area contributed by atoms with Crippen LogP contribution in [-0.4, -0.2) is 18.6 Å². The van der Waals surface area contributed by atoms with Crippen LogP contribution in [0.1, 0.15) is 63.9 Å². The molecule has 2 N–H and O–H groups in total. The molecular formula is C18H30N2S. The minimum atomic E-state index is 0.465. The van der Waals surface area contributed by atoms with Crippen molar-refractivity contribution in [3.63, 3.8) is 0 Å². The third-order valence-corrected chi connectivity index (χ3v) is 4.18. The van der Waals surface area contributed by atoms with E-state index in [0.717, 1.165) is 12.1 Å². The fourth-order valence-corrected chi connectivity index (χ4v) is 2.63. The van der Waals surface area contributed by atoms with Crippen LogP contribution in [-0.2, 0) is 0 Å². The van der Waals surface area contributed by atoms with Crippen molar-refractivity contribution >= 4 is 22.9 Å². The Balaban J connectivity index is 2.15. The zero-order valence-corrected chi connectivity index (χ0v) is 14.4. The van der Waals surface area contributed by atoms with Gasteiger partial charge in [-0.15, -0.1) is 0 Å². The number of anilines is 1. The lowest BCUT2D eigenvalue weighted by atomic mass is 10.1. The summed E-state index contributed by atoms with van der Waals surface area (Å²) in [4.78, 5) is 2.77. The van der Waals surface area contributed by atoms with E-state index in [2.05, 4.69) is 31.0 Å². The van der Waals surface area contributed by atoms with Gasteiger partial charge in [-0.3, -0.25) is 0 Å². The maximum atomic E-state index is 5.61. The molecule has 2 nitrogen and oxygen atoms in total. The summed E-state index contributed by atoms with van der Waals surface area (Å²) in [6.07, 6.45) is 10.9. The molecule has 1 rings (SSSR count). The Kier molecular flexibility index (Phi) is 9.07. The fourth-order valence-electron chi connectivity index (χ4n) is 2.49. The van der Waals surface area contributed by atoms with Gasteiger partial charge in [0.25, 0.3) is 0 Å². The SMILES string of the molecule is CCCCCCCCCCN(C)c1ccc(C(N)=S)cc1. The van der Waals surface area contributed by atoms with E-state index in [4.69, 9.17) is 18.0 Å². The zero-order valence-electron chi connectivity index (χ0n) is 13.6. The molecule has 0 saturated carbocycles. The Morgan fingerprint density at radius 1 is 0.952 bits per heavy atom. The van der Waals surface area contributed by atoms with Crippen LogP contribution < -0.4 is 10.6 Å². The molecule has 3 heteroatoms. The molecule has 1 aromatic rings. The lowest BCUT2D eigenvalue weighted by Gasteiger charge is -2.19. The van der Waals surface area contributed by atoms with E-state index in [9.17, 15) is 0 Å². The first-order valence-electron chi connectivity index (χ1n) is 8.26. The molecule has 0 atom stereocenters. The number of nitrogens with two attached hydrogens (primary N) is 1. The van der Waals surface area contributed by atoms with Gasteiger partial charge in [0.1, 0.15) is 4.99 Å². The Hall–Kier alpha value is -1.09. The summed E-state index contributed by atoms with van der Waals surface area (Å²) in [5.74, 6) is 0. The first-order chi connectivity index (χ1) is 10.1. The van der Waals surface area contributed by atoms with Crippen LogP contribution in [0.25, 0.3) is 0 Å². The molecule has 0 saturated heterocycles. The lowest BCUT2D eigenvalue weighted by molar-refractivity contribution is 0.575. The fraction of sp³-hybridized carbons (Fsp3) is 0.611. The van der Waals surface area contributed by atoms with Gasteiger partial charge in [0, 0.05) is 24.8 Å². The number of rotatable bonds is 11. The highest BCUT2D eigenvalue weighted by atomic mass is 32.1. The number of hydrogen-bond acceptors (Lipinski definition) is 2. The van der Waals surface area contributed by atoms with E-state index in [1.54, 1.807) is 0 Å². The summed E-state index contributed by atoms with van der Waals surface area (Å²) >= 11 is 4.97. The van der Waals surface area contributed by atoms with E-state index in [1.807, 2.05) is 12.1 Å². The average Bonchev–Trinajstić information content (AvgIpc) is 2.49. The second-order valence-electron chi connectivity index (χ2n) is 5.81. The van der Waals surface area contributed by atoms with E-state index >= 15 is 0 Å². The van der Waals surface area contributed by atoms with Crippen molar-refractivity contribution in [2.75, 3.05) is 18.5 Å². The van der Waals surface area contributed by atoms with Crippen molar-refractivity contribution in [1.82, 2.24) is 0 Å². The normalized spacial score (nSPS) is 10.6.